The number of ether oxygens (including phenoxy) is 1. The molecule has 5 nitrogen and oxygen atoms in total. The zero-order valence-electron chi connectivity index (χ0n) is 16.1. The maximum absolute atomic E-state index is 12.5. The van der Waals surface area contributed by atoms with Crippen LogP contribution in [0.2, 0.25) is 0 Å². The van der Waals surface area contributed by atoms with E-state index in [4.69, 9.17) is 9.84 Å². The Morgan fingerprint density at radius 3 is 2.25 bits per heavy atom. The lowest BCUT2D eigenvalue weighted by molar-refractivity contribution is -0.133. The van der Waals surface area contributed by atoms with Crippen molar-refractivity contribution in [1.29, 1.82) is 0 Å². The van der Waals surface area contributed by atoms with E-state index >= 15 is 0 Å². The molecule has 1 N–H and O–H groups in total. The molecule has 0 spiro atoms. The quantitative estimate of drug-likeness (QED) is 0.664. The molecular weight excluding hydrogens is 374 g/mol. The lowest BCUT2D eigenvalue weighted by Gasteiger charge is -2.25. The highest BCUT2D eigenvalue weighted by Crippen LogP contribution is 2.44. The SMILES string of the molecule is C[C@H](CCSCC(=O)O)N(C)C(=O)OCC1c2ccccc2-c2ccccc21. The molecule has 1 atom stereocenters. The molecule has 6 heteroatoms. The molecule has 2 aromatic rings. The van der Waals surface area contributed by atoms with E-state index in [2.05, 4.69) is 24.3 Å². The standard InChI is InChI=1S/C22H25NO4S/c1-15(11-12-28-14-21(24)25)23(2)22(26)27-13-20-18-9-5-3-7-16(18)17-8-4-6-10-19(17)20/h3-10,15,20H,11-14H2,1-2H3,(H,24,25)/t15-/m1/s1. The normalized spacial score (nSPS) is 13.5. The minimum atomic E-state index is -0.817. The zero-order valence-corrected chi connectivity index (χ0v) is 16.9. The molecule has 0 heterocycles. The average molecular weight is 400 g/mol. The Morgan fingerprint density at radius 1 is 1.11 bits per heavy atom. The van der Waals surface area contributed by atoms with Crippen molar-refractivity contribution in [3.8, 4) is 11.1 Å². The summed E-state index contributed by atoms with van der Waals surface area (Å²) in [6, 6.07) is 16.5. The van der Waals surface area contributed by atoms with Gasteiger partial charge < -0.3 is 14.7 Å². The van der Waals surface area contributed by atoms with Gasteiger partial charge in [0.15, 0.2) is 0 Å². The molecule has 0 saturated carbocycles. The van der Waals surface area contributed by atoms with E-state index in [9.17, 15) is 9.59 Å². The predicted octanol–water partition coefficient (Wildman–Crippen LogP) is 4.46. The molecule has 1 amide bonds. The van der Waals surface area contributed by atoms with Crippen LogP contribution in [0.25, 0.3) is 11.1 Å². The molecule has 3 rings (SSSR count). The number of carbonyl (C=O) groups is 2. The number of nitrogens with zero attached hydrogens (tertiary/aromatic N) is 1. The fraction of sp³-hybridized carbons (Fsp3) is 0.364. The van der Waals surface area contributed by atoms with Gasteiger partial charge >= 0.3 is 12.1 Å². The number of thioether (sulfide) groups is 1. The van der Waals surface area contributed by atoms with Crippen LogP contribution < -0.4 is 0 Å². The minimum Gasteiger partial charge on any atom is -0.481 e. The van der Waals surface area contributed by atoms with Crippen LogP contribution in [0.4, 0.5) is 4.79 Å². The maximum Gasteiger partial charge on any atom is 0.409 e. The first-order chi connectivity index (χ1) is 13.5. The second kappa shape index (κ2) is 9.15. The molecule has 0 bridgehead atoms. The Morgan fingerprint density at radius 2 is 1.68 bits per heavy atom. The fourth-order valence-electron chi connectivity index (χ4n) is 3.48. The first-order valence-corrected chi connectivity index (χ1v) is 10.5. The molecule has 0 aromatic heterocycles. The van der Waals surface area contributed by atoms with Crippen molar-refractivity contribution in [1.82, 2.24) is 4.90 Å². The lowest BCUT2D eigenvalue weighted by Crippen LogP contribution is -2.36. The average Bonchev–Trinajstić information content (AvgIpc) is 3.02. The third-order valence-corrected chi connectivity index (χ3v) is 6.17. The van der Waals surface area contributed by atoms with Gasteiger partial charge in [0.1, 0.15) is 6.61 Å². The summed E-state index contributed by atoms with van der Waals surface area (Å²) in [5.74, 6) is 0.00395. The summed E-state index contributed by atoms with van der Waals surface area (Å²) in [5.41, 5.74) is 4.79. The highest BCUT2D eigenvalue weighted by Gasteiger charge is 2.29. The van der Waals surface area contributed by atoms with Crippen LogP contribution in [0, 0.1) is 0 Å². The smallest absolute Gasteiger partial charge is 0.409 e. The Labute approximate surface area is 169 Å². The van der Waals surface area contributed by atoms with Crippen LogP contribution in [0.15, 0.2) is 48.5 Å². The largest absolute Gasteiger partial charge is 0.481 e. The second-order valence-corrected chi connectivity index (χ2v) is 8.10. The number of hydrogen-bond acceptors (Lipinski definition) is 4. The summed E-state index contributed by atoms with van der Waals surface area (Å²) in [6.07, 6.45) is 0.371. The molecule has 0 aliphatic heterocycles. The summed E-state index contributed by atoms with van der Waals surface area (Å²) < 4.78 is 5.65. The first kappa shape index (κ1) is 20.3. The molecule has 1 aliphatic carbocycles. The van der Waals surface area contributed by atoms with Crippen molar-refractivity contribution in [3.05, 3.63) is 59.7 Å². The van der Waals surface area contributed by atoms with Gasteiger partial charge in [-0.05, 0) is 41.4 Å². The number of carboxylic acid groups (broad SMARTS) is 1. The van der Waals surface area contributed by atoms with E-state index in [1.54, 1.807) is 11.9 Å². The minimum absolute atomic E-state index is 0.0167. The van der Waals surface area contributed by atoms with Crippen LogP contribution >= 0.6 is 11.8 Å². The summed E-state index contributed by atoms with van der Waals surface area (Å²) >= 11 is 1.36. The Balaban J connectivity index is 1.58. The van der Waals surface area contributed by atoms with Gasteiger partial charge in [-0.15, -0.1) is 0 Å². The number of aliphatic carboxylic acids is 1. The van der Waals surface area contributed by atoms with Crippen LogP contribution in [-0.4, -0.2) is 53.3 Å². The molecule has 1 aliphatic rings. The van der Waals surface area contributed by atoms with Crippen LogP contribution in [0.3, 0.4) is 0 Å². The van der Waals surface area contributed by atoms with E-state index in [-0.39, 0.29) is 23.8 Å². The van der Waals surface area contributed by atoms with Crippen molar-refractivity contribution in [3.63, 3.8) is 0 Å². The van der Waals surface area contributed by atoms with Crippen LogP contribution in [0.1, 0.15) is 30.4 Å². The van der Waals surface area contributed by atoms with Gasteiger partial charge in [0, 0.05) is 19.0 Å². The first-order valence-electron chi connectivity index (χ1n) is 9.36. The van der Waals surface area contributed by atoms with Crippen molar-refractivity contribution in [2.45, 2.75) is 25.3 Å². The summed E-state index contributed by atoms with van der Waals surface area (Å²) in [7, 11) is 1.73. The molecular formula is C22H25NO4S. The summed E-state index contributed by atoms with van der Waals surface area (Å²) in [5, 5.41) is 8.68. The van der Waals surface area contributed by atoms with Gasteiger partial charge in [-0.3, -0.25) is 4.79 Å². The van der Waals surface area contributed by atoms with Gasteiger partial charge in [-0.25, -0.2) is 4.79 Å². The third-order valence-electron chi connectivity index (χ3n) is 5.19. The van der Waals surface area contributed by atoms with E-state index in [0.717, 1.165) is 6.42 Å². The number of rotatable bonds is 8. The molecule has 0 fully saturated rings. The number of fused-ring (bicyclic) bond motifs is 3. The summed E-state index contributed by atoms with van der Waals surface area (Å²) in [6.45, 7) is 2.25. The third kappa shape index (κ3) is 4.50. The van der Waals surface area contributed by atoms with Gasteiger partial charge in [0.25, 0.3) is 0 Å². The molecule has 0 saturated heterocycles. The summed E-state index contributed by atoms with van der Waals surface area (Å²) in [4.78, 5) is 24.7. The van der Waals surface area contributed by atoms with Gasteiger partial charge in [-0.2, -0.15) is 11.8 Å². The lowest BCUT2D eigenvalue weighted by atomic mass is 9.98. The van der Waals surface area contributed by atoms with Crippen molar-refractivity contribution >= 4 is 23.8 Å². The number of hydrogen-bond donors (Lipinski definition) is 1. The topological polar surface area (TPSA) is 66.8 Å². The van der Waals surface area contributed by atoms with E-state index < -0.39 is 5.97 Å². The van der Waals surface area contributed by atoms with Crippen LogP contribution in [-0.2, 0) is 9.53 Å². The number of carboxylic acids is 1. The highest BCUT2D eigenvalue weighted by atomic mass is 32.2. The second-order valence-electron chi connectivity index (χ2n) is 7.00. The molecule has 148 valence electrons. The van der Waals surface area contributed by atoms with Crippen molar-refractivity contribution < 1.29 is 19.4 Å². The number of carbonyl (C=O) groups excluding carboxylic acids is 1. The molecule has 0 unspecified atom stereocenters. The maximum atomic E-state index is 12.5. The van der Waals surface area contributed by atoms with E-state index in [1.165, 1.54) is 34.0 Å². The highest BCUT2D eigenvalue weighted by molar-refractivity contribution is 7.99. The fourth-order valence-corrected chi connectivity index (χ4v) is 4.31. The Kier molecular flexibility index (Phi) is 6.62. The zero-order chi connectivity index (χ0) is 20.1. The van der Waals surface area contributed by atoms with Gasteiger partial charge in [-0.1, -0.05) is 48.5 Å². The monoisotopic (exact) mass is 399 g/mol. The van der Waals surface area contributed by atoms with Crippen LogP contribution in [0.5, 0.6) is 0 Å². The van der Waals surface area contributed by atoms with E-state index in [1.807, 2.05) is 31.2 Å². The Bertz CT molecular complexity index is 808. The number of benzene rings is 2. The van der Waals surface area contributed by atoms with Crippen molar-refractivity contribution in [2.75, 3.05) is 25.2 Å². The molecule has 2 aromatic carbocycles. The Hall–Kier alpha value is -2.47. The van der Waals surface area contributed by atoms with E-state index in [0.29, 0.717) is 12.4 Å². The number of amides is 1. The molecule has 28 heavy (non-hydrogen) atoms. The molecule has 0 radical (unpaired) electrons. The van der Waals surface area contributed by atoms with Gasteiger partial charge in [0.05, 0.1) is 5.75 Å². The predicted molar refractivity (Wildman–Crippen MR) is 112 cm³/mol. The van der Waals surface area contributed by atoms with Gasteiger partial charge in [0.2, 0.25) is 0 Å². The van der Waals surface area contributed by atoms with Crippen molar-refractivity contribution in [2.24, 2.45) is 0 Å².